The maximum atomic E-state index is 6.00. The molecule has 0 unspecified atom stereocenters. The quantitative estimate of drug-likeness (QED) is 0.677. The lowest BCUT2D eigenvalue weighted by molar-refractivity contribution is 0.416. The summed E-state index contributed by atoms with van der Waals surface area (Å²) in [5, 5.41) is 4.13. The third kappa shape index (κ3) is 3.68. The van der Waals surface area contributed by atoms with E-state index in [0.717, 1.165) is 31.5 Å². The second kappa shape index (κ2) is 6.83. The summed E-state index contributed by atoms with van der Waals surface area (Å²) in [5.41, 5.74) is 3.27. The van der Waals surface area contributed by atoms with Crippen molar-refractivity contribution in [3.63, 3.8) is 0 Å². The number of benzene rings is 2. The Morgan fingerprint density at radius 2 is 1.95 bits per heavy atom. The second-order valence-electron chi connectivity index (χ2n) is 4.40. The van der Waals surface area contributed by atoms with Crippen LogP contribution in [0.25, 0.3) is 0 Å². The van der Waals surface area contributed by atoms with Gasteiger partial charge in [-0.2, -0.15) is 0 Å². The van der Waals surface area contributed by atoms with E-state index in [0.29, 0.717) is 11.6 Å². The molecule has 0 aromatic heterocycles. The Labute approximate surface area is 140 Å². The fourth-order valence-electron chi connectivity index (χ4n) is 1.94. The van der Waals surface area contributed by atoms with Crippen LogP contribution in [0.3, 0.4) is 0 Å². The Balaban J connectivity index is 2.20. The van der Waals surface area contributed by atoms with Gasteiger partial charge in [-0.25, -0.2) is 0 Å². The number of hydrogen-bond donors (Lipinski definition) is 1. The molecule has 0 aliphatic rings. The minimum Gasteiger partial charge on any atom is -0.495 e. The van der Waals surface area contributed by atoms with Gasteiger partial charge in [0.1, 0.15) is 5.75 Å². The lowest BCUT2D eigenvalue weighted by atomic mass is 10.1. The van der Waals surface area contributed by atoms with Gasteiger partial charge in [-0.05, 0) is 58.2 Å². The van der Waals surface area contributed by atoms with Crippen molar-refractivity contribution in [1.29, 1.82) is 0 Å². The summed E-state index contributed by atoms with van der Waals surface area (Å²) in [4.78, 5) is 0. The van der Waals surface area contributed by atoms with E-state index < -0.39 is 0 Å². The summed E-state index contributed by atoms with van der Waals surface area (Å²) in [5.74, 6) is 0.824. The molecule has 20 heavy (non-hydrogen) atoms. The van der Waals surface area contributed by atoms with E-state index in [9.17, 15) is 0 Å². The highest BCUT2D eigenvalue weighted by atomic mass is 79.9. The van der Waals surface area contributed by atoms with Gasteiger partial charge in [0.25, 0.3) is 0 Å². The Kier molecular flexibility index (Phi) is 5.35. The van der Waals surface area contributed by atoms with Gasteiger partial charge in [0.2, 0.25) is 0 Å². The summed E-state index contributed by atoms with van der Waals surface area (Å²) in [6, 6.07) is 9.90. The fourth-order valence-corrected chi connectivity index (χ4v) is 3.04. The van der Waals surface area contributed by atoms with Gasteiger partial charge in [0.05, 0.1) is 17.8 Å². The minimum absolute atomic E-state index is 0.703. The standard InChI is InChI=1S/C15H14Br2ClNO/c1-9-5-11(16)7-14(20-2)15(9)19-8-10-3-4-13(18)12(17)6-10/h3-7,19H,8H2,1-2H3. The summed E-state index contributed by atoms with van der Waals surface area (Å²) in [6.45, 7) is 2.75. The Morgan fingerprint density at radius 1 is 1.20 bits per heavy atom. The van der Waals surface area contributed by atoms with Crippen molar-refractivity contribution in [2.75, 3.05) is 12.4 Å². The highest BCUT2D eigenvalue weighted by molar-refractivity contribution is 9.10. The molecule has 0 bridgehead atoms. The SMILES string of the molecule is COc1cc(Br)cc(C)c1NCc1ccc(Cl)c(Br)c1. The molecular weight excluding hydrogens is 405 g/mol. The molecule has 0 aliphatic carbocycles. The van der Waals surface area contributed by atoms with Crippen LogP contribution in [0.5, 0.6) is 5.75 Å². The predicted molar refractivity (Wildman–Crippen MR) is 91.9 cm³/mol. The van der Waals surface area contributed by atoms with Crippen LogP contribution in [0.15, 0.2) is 39.3 Å². The molecule has 0 fully saturated rings. The molecule has 2 aromatic carbocycles. The van der Waals surface area contributed by atoms with Crippen molar-refractivity contribution in [3.8, 4) is 5.75 Å². The minimum atomic E-state index is 0.703. The lowest BCUT2D eigenvalue weighted by Crippen LogP contribution is -2.03. The van der Waals surface area contributed by atoms with Crippen LogP contribution < -0.4 is 10.1 Å². The molecule has 0 saturated carbocycles. The molecule has 0 radical (unpaired) electrons. The van der Waals surface area contributed by atoms with Gasteiger partial charge in [0.15, 0.2) is 0 Å². The van der Waals surface area contributed by atoms with Crippen LogP contribution >= 0.6 is 43.5 Å². The van der Waals surface area contributed by atoms with E-state index in [1.54, 1.807) is 7.11 Å². The van der Waals surface area contributed by atoms with Gasteiger partial charge in [-0.3, -0.25) is 0 Å². The maximum Gasteiger partial charge on any atom is 0.143 e. The second-order valence-corrected chi connectivity index (χ2v) is 6.58. The topological polar surface area (TPSA) is 21.3 Å². The number of aryl methyl sites for hydroxylation is 1. The van der Waals surface area contributed by atoms with Gasteiger partial charge < -0.3 is 10.1 Å². The molecule has 1 N–H and O–H groups in total. The van der Waals surface area contributed by atoms with Crippen LogP contribution in [0.4, 0.5) is 5.69 Å². The van der Waals surface area contributed by atoms with Crippen molar-refractivity contribution < 1.29 is 4.74 Å². The molecule has 2 aromatic rings. The van der Waals surface area contributed by atoms with Crippen molar-refractivity contribution in [2.24, 2.45) is 0 Å². The molecular formula is C15H14Br2ClNO. The Hall–Kier alpha value is -0.710. The molecule has 0 spiro atoms. The summed E-state index contributed by atoms with van der Waals surface area (Å²) < 4.78 is 7.32. The fraction of sp³-hybridized carbons (Fsp3) is 0.200. The predicted octanol–water partition coefficient (Wildman–Crippen LogP) is 5.79. The van der Waals surface area contributed by atoms with E-state index in [2.05, 4.69) is 43.2 Å². The summed E-state index contributed by atoms with van der Waals surface area (Å²) in [6.07, 6.45) is 0. The van der Waals surface area contributed by atoms with Crippen molar-refractivity contribution in [3.05, 3.63) is 55.4 Å². The molecule has 0 aliphatic heterocycles. The molecule has 0 saturated heterocycles. The summed E-state index contributed by atoms with van der Waals surface area (Å²) in [7, 11) is 1.67. The first-order valence-electron chi connectivity index (χ1n) is 6.03. The molecule has 106 valence electrons. The average molecular weight is 420 g/mol. The normalized spacial score (nSPS) is 10.4. The van der Waals surface area contributed by atoms with E-state index in [-0.39, 0.29) is 0 Å². The molecule has 0 atom stereocenters. The largest absolute Gasteiger partial charge is 0.495 e. The van der Waals surface area contributed by atoms with Crippen molar-refractivity contribution in [2.45, 2.75) is 13.5 Å². The van der Waals surface area contributed by atoms with Crippen LogP contribution in [0.2, 0.25) is 5.02 Å². The monoisotopic (exact) mass is 417 g/mol. The number of nitrogens with one attached hydrogen (secondary N) is 1. The highest BCUT2D eigenvalue weighted by Gasteiger charge is 2.08. The van der Waals surface area contributed by atoms with E-state index in [1.807, 2.05) is 31.2 Å². The number of methoxy groups -OCH3 is 1. The maximum absolute atomic E-state index is 6.00. The molecule has 2 rings (SSSR count). The van der Waals surface area contributed by atoms with Crippen LogP contribution in [0, 0.1) is 6.92 Å². The van der Waals surface area contributed by atoms with Crippen LogP contribution in [0.1, 0.15) is 11.1 Å². The number of rotatable bonds is 4. The van der Waals surface area contributed by atoms with Crippen LogP contribution in [-0.2, 0) is 6.54 Å². The van der Waals surface area contributed by atoms with Gasteiger partial charge >= 0.3 is 0 Å². The molecule has 2 nitrogen and oxygen atoms in total. The van der Waals surface area contributed by atoms with E-state index >= 15 is 0 Å². The van der Waals surface area contributed by atoms with E-state index in [4.69, 9.17) is 16.3 Å². The average Bonchev–Trinajstić information content (AvgIpc) is 2.40. The first-order chi connectivity index (χ1) is 9.51. The lowest BCUT2D eigenvalue weighted by Gasteiger charge is -2.15. The van der Waals surface area contributed by atoms with Crippen molar-refractivity contribution in [1.82, 2.24) is 0 Å². The van der Waals surface area contributed by atoms with Gasteiger partial charge in [-0.1, -0.05) is 33.6 Å². The zero-order chi connectivity index (χ0) is 14.7. The van der Waals surface area contributed by atoms with Gasteiger partial charge in [-0.15, -0.1) is 0 Å². The van der Waals surface area contributed by atoms with E-state index in [1.165, 1.54) is 0 Å². The third-order valence-electron chi connectivity index (χ3n) is 2.94. The zero-order valence-electron chi connectivity index (χ0n) is 11.1. The number of ether oxygens (including phenoxy) is 1. The third-order valence-corrected chi connectivity index (χ3v) is 4.61. The van der Waals surface area contributed by atoms with Crippen LogP contribution in [-0.4, -0.2) is 7.11 Å². The highest BCUT2D eigenvalue weighted by Crippen LogP contribution is 2.32. The molecule has 5 heteroatoms. The number of hydrogen-bond acceptors (Lipinski definition) is 2. The molecule has 0 heterocycles. The summed E-state index contributed by atoms with van der Waals surface area (Å²) >= 11 is 12.9. The first-order valence-corrected chi connectivity index (χ1v) is 7.99. The smallest absolute Gasteiger partial charge is 0.143 e. The van der Waals surface area contributed by atoms with Crippen molar-refractivity contribution >= 4 is 49.1 Å². The Morgan fingerprint density at radius 3 is 2.60 bits per heavy atom. The molecule has 0 amide bonds. The number of anilines is 1. The zero-order valence-corrected chi connectivity index (χ0v) is 15.1. The first kappa shape index (κ1) is 15.7. The Bertz CT molecular complexity index is 632. The number of halogens is 3. The van der Waals surface area contributed by atoms with Gasteiger partial charge in [0, 0.05) is 15.5 Å².